The molecule has 7 nitrogen and oxygen atoms in total. The second kappa shape index (κ2) is 9.95. The number of piperazine rings is 1. The lowest BCUT2D eigenvalue weighted by Crippen LogP contribution is -2.51. The van der Waals surface area contributed by atoms with E-state index < -0.39 is 0 Å². The lowest BCUT2D eigenvalue weighted by Gasteiger charge is -2.44. The van der Waals surface area contributed by atoms with Crippen LogP contribution < -0.4 is 0 Å². The molecule has 3 heterocycles. The predicted molar refractivity (Wildman–Crippen MR) is 141 cm³/mol. The molecular formula is C30H27N5O2. The van der Waals surface area contributed by atoms with Crippen LogP contribution in [-0.4, -0.2) is 50.5 Å². The van der Waals surface area contributed by atoms with Gasteiger partial charge in [-0.2, -0.15) is 4.98 Å². The minimum absolute atomic E-state index is 0.0314. The maximum absolute atomic E-state index is 13.8. The van der Waals surface area contributed by atoms with Crippen molar-refractivity contribution in [1.29, 1.82) is 0 Å². The molecule has 0 radical (unpaired) electrons. The van der Waals surface area contributed by atoms with Gasteiger partial charge >= 0.3 is 0 Å². The molecule has 6 rings (SSSR count). The highest BCUT2D eigenvalue weighted by Gasteiger charge is 2.39. The summed E-state index contributed by atoms with van der Waals surface area (Å²) in [5, 5.41) is 5.93. The predicted octanol–water partition coefficient (Wildman–Crippen LogP) is 5.21. The zero-order chi connectivity index (χ0) is 25.2. The normalized spacial score (nSPS) is 16.4. The summed E-state index contributed by atoms with van der Waals surface area (Å²) < 4.78 is 5.71. The molecule has 1 aliphatic rings. The fourth-order valence-corrected chi connectivity index (χ4v) is 5.26. The van der Waals surface area contributed by atoms with E-state index >= 15 is 0 Å². The third-order valence-corrected chi connectivity index (χ3v) is 7.00. The molecule has 0 aliphatic carbocycles. The fourth-order valence-electron chi connectivity index (χ4n) is 5.26. The van der Waals surface area contributed by atoms with Crippen LogP contribution >= 0.6 is 0 Å². The summed E-state index contributed by atoms with van der Waals surface area (Å²) in [4.78, 5) is 27.0. The second-order valence-electron chi connectivity index (χ2n) is 9.32. The van der Waals surface area contributed by atoms with E-state index in [1.165, 1.54) is 11.1 Å². The zero-order valence-corrected chi connectivity index (χ0v) is 20.6. The molecule has 2 aromatic heterocycles. The Balaban J connectivity index is 1.39. The van der Waals surface area contributed by atoms with E-state index in [0.717, 1.165) is 10.8 Å². The summed E-state index contributed by atoms with van der Waals surface area (Å²) in [6.45, 7) is 3.46. The number of nitrogens with zero attached hydrogens (tertiary/aromatic N) is 5. The molecular weight excluding hydrogens is 462 g/mol. The van der Waals surface area contributed by atoms with Crippen molar-refractivity contribution in [2.75, 3.05) is 19.6 Å². The van der Waals surface area contributed by atoms with Crippen molar-refractivity contribution < 1.29 is 9.32 Å². The lowest BCUT2D eigenvalue weighted by molar-refractivity contribution is 0.0287. The number of pyridine rings is 1. The van der Waals surface area contributed by atoms with Gasteiger partial charge in [-0.15, -0.1) is 0 Å². The number of rotatable bonds is 5. The first-order chi connectivity index (χ1) is 18.2. The van der Waals surface area contributed by atoms with Crippen molar-refractivity contribution in [2.24, 2.45) is 0 Å². The van der Waals surface area contributed by atoms with Crippen LogP contribution in [0.2, 0.25) is 0 Å². The van der Waals surface area contributed by atoms with Crippen LogP contribution in [0.3, 0.4) is 0 Å². The number of aromatic nitrogens is 3. The average molecular weight is 490 g/mol. The van der Waals surface area contributed by atoms with Gasteiger partial charge in [0.15, 0.2) is 5.82 Å². The maximum Gasteiger partial charge on any atom is 0.256 e. The van der Waals surface area contributed by atoms with Gasteiger partial charge in [-0.25, -0.2) is 0 Å². The molecule has 0 bridgehead atoms. The van der Waals surface area contributed by atoms with E-state index in [0.29, 0.717) is 36.9 Å². The van der Waals surface area contributed by atoms with Gasteiger partial charge in [-0.1, -0.05) is 90.1 Å². The number of fused-ring (bicyclic) bond motifs is 1. The quantitative estimate of drug-likeness (QED) is 0.337. The van der Waals surface area contributed by atoms with Crippen LogP contribution in [0.15, 0.2) is 102 Å². The van der Waals surface area contributed by atoms with Crippen LogP contribution in [0.25, 0.3) is 10.8 Å². The molecule has 1 atom stereocenters. The monoisotopic (exact) mass is 489 g/mol. The highest BCUT2D eigenvalue weighted by Crippen LogP contribution is 2.37. The fraction of sp³-hybridized carbons (Fsp3) is 0.200. The van der Waals surface area contributed by atoms with Gasteiger partial charge in [-0.05, 0) is 23.4 Å². The minimum atomic E-state index is -0.271. The van der Waals surface area contributed by atoms with Crippen LogP contribution in [-0.2, 0) is 0 Å². The van der Waals surface area contributed by atoms with E-state index in [1.54, 1.807) is 12.4 Å². The van der Waals surface area contributed by atoms with Crippen molar-refractivity contribution in [3.05, 3.63) is 126 Å². The van der Waals surface area contributed by atoms with Gasteiger partial charge in [0.25, 0.3) is 5.91 Å². The van der Waals surface area contributed by atoms with Crippen LogP contribution in [0.1, 0.15) is 45.3 Å². The molecule has 37 heavy (non-hydrogen) atoms. The molecule has 0 unspecified atom stereocenters. The van der Waals surface area contributed by atoms with Gasteiger partial charge in [0.2, 0.25) is 5.89 Å². The molecule has 7 heteroatoms. The number of amides is 1. The van der Waals surface area contributed by atoms with Crippen molar-refractivity contribution in [3.8, 4) is 0 Å². The number of hydrogen-bond acceptors (Lipinski definition) is 6. The summed E-state index contributed by atoms with van der Waals surface area (Å²) in [6.07, 6.45) is 3.46. The zero-order valence-electron chi connectivity index (χ0n) is 20.6. The Bertz CT molecular complexity index is 1470. The molecule has 1 fully saturated rings. The smallest absolute Gasteiger partial charge is 0.256 e. The molecule has 0 spiro atoms. The Kier molecular flexibility index (Phi) is 6.20. The second-order valence-corrected chi connectivity index (χ2v) is 9.32. The summed E-state index contributed by atoms with van der Waals surface area (Å²) in [7, 11) is 0. The van der Waals surface area contributed by atoms with E-state index in [9.17, 15) is 4.79 Å². The standard InChI is InChI=1S/C30H27N5O2/c1-21-32-29(37-33-21)27-20-34(30(36)26-19-31-18-24-14-8-9-15-25(24)26)16-17-35(27)28(22-10-4-2-5-11-22)23-12-6-3-7-13-23/h2-15,18-19,27-28H,16-17,20H2,1H3/t27-/m0/s1. The van der Waals surface area contributed by atoms with Crippen molar-refractivity contribution in [1.82, 2.24) is 24.9 Å². The Morgan fingerprint density at radius 1 is 0.892 bits per heavy atom. The number of aryl methyl sites for hydroxylation is 1. The maximum atomic E-state index is 13.8. The first-order valence-corrected chi connectivity index (χ1v) is 12.5. The topological polar surface area (TPSA) is 75.4 Å². The number of benzene rings is 3. The average Bonchev–Trinajstić information content (AvgIpc) is 3.40. The van der Waals surface area contributed by atoms with Gasteiger partial charge in [-0.3, -0.25) is 14.7 Å². The third-order valence-electron chi connectivity index (χ3n) is 7.00. The summed E-state index contributed by atoms with van der Waals surface area (Å²) in [6, 6.07) is 28.4. The van der Waals surface area contributed by atoms with Gasteiger partial charge in [0.1, 0.15) is 6.04 Å². The van der Waals surface area contributed by atoms with Gasteiger partial charge in [0.05, 0.1) is 11.6 Å². The first kappa shape index (κ1) is 23.1. The molecule has 184 valence electrons. The van der Waals surface area contributed by atoms with Crippen LogP contribution in [0, 0.1) is 6.92 Å². The highest BCUT2D eigenvalue weighted by molar-refractivity contribution is 6.06. The van der Waals surface area contributed by atoms with E-state index in [-0.39, 0.29) is 18.0 Å². The summed E-state index contributed by atoms with van der Waals surface area (Å²) >= 11 is 0. The number of carbonyl (C=O) groups excluding carboxylic acids is 1. The van der Waals surface area contributed by atoms with Crippen LogP contribution in [0.5, 0.6) is 0 Å². The Labute approximate surface area is 215 Å². The van der Waals surface area contributed by atoms with Crippen LogP contribution in [0.4, 0.5) is 0 Å². The van der Waals surface area contributed by atoms with Crippen molar-refractivity contribution in [3.63, 3.8) is 0 Å². The van der Waals surface area contributed by atoms with E-state index in [2.05, 4.69) is 68.6 Å². The molecule has 0 N–H and O–H groups in total. The molecule has 1 amide bonds. The molecule has 1 saturated heterocycles. The Morgan fingerprint density at radius 2 is 1.57 bits per heavy atom. The van der Waals surface area contributed by atoms with Gasteiger partial charge in [0, 0.05) is 37.4 Å². The van der Waals surface area contributed by atoms with Crippen molar-refractivity contribution >= 4 is 16.7 Å². The largest absolute Gasteiger partial charge is 0.338 e. The minimum Gasteiger partial charge on any atom is -0.338 e. The number of hydrogen-bond donors (Lipinski definition) is 0. The van der Waals surface area contributed by atoms with E-state index in [1.807, 2.05) is 48.2 Å². The number of carbonyl (C=O) groups is 1. The Morgan fingerprint density at radius 3 is 2.24 bits per heavy atom. The Hall–Kier alpha value is -4.36. The first-order valence-electron chi connectivity index (χ1n) is 12.5. The molecule has 0 saturated carbocycles. The van der Waals surface area contributed by atoms with E-state index in [4.69, 9.17) is 4.52 Å². The summed E-state index contributed by atoms with van der Waals surface area (Å²) in [5.74, 6) is 1.05. The molecule has 3 aromatic carbocycles. The SMILES string of the molecule is Cc1noc([C@@H]2CN(C(=O)c3cncc4ccccc34)CCN2C(c2ccccc2)c2ccccc2)n1. The third kappa shape index (κ3) is 4.49. The summed E-state index contributed by atoms with van der Waals surface area (Å²) in [5.41, 5.74) is 2.95. The molecule has 1 aliphatic heterocycles. The van der Waals surface area contributed by atoms with Crippen molar-refractivity contribution in [2.45, 2.75) is 19.0 Å². The van der Waals surface area contributed by atoms with Gasteiger partial charge < -0.3 is 9.42 Å². The lowest BCUT2D eigenvalue weighted by atomic mass is 9.94. The highest BCUT2D eigenvalue weighted by atomic mass is 16.5. The molecule has 5 aromatic rings.